The van der Waals surface area contributed by atoms with Crippen LogP contribution >= 0.6 is 11.3 Å². The molecule has 0 unspecified atom stereocenters. The first-order chi connectivity index (χ1) is 11.1. The fourth-order valence-corrected chi connectivity index (χ4v) is 3.01. The SMILES string of the molecule is CN=C(NCCc1cc(C)ccc1OC)NCc1ncc(C)s1. The van der Waals surface area contributed by atoms with Crippen molar-refractivity contribution in [2.45, 2.75) is 26.8 Å². The van der Waals surface area contributed by atoms with Gasteiger partial charge in [-0.15, -0.1) is 11.3 Å². The molecular weight excluding hydrogens is 308 g/mol. The van der Waals surface area contributed by atoms with Gasteiger partial charge in [0.15, 0.2) is 5.96 Å². The van der Waals surface area contributed by atoms with Crippen LogP contribution in [0.5, 0.6) is 5.75 Å². The van der Waals surface area contributed by atoms with Crippen molar-refractivity contribution in [2.75, 3.05) is 20.7 Å². The molecule has 0 saturated carbocycles. The Balaban J connectivity index is 1.83. The van der Waals surface area contributed by atoms with Crippen LogP contribution in [-0.4, -0.2) is 31.6 Å². The van der Waals surface area contributed by atoms with Crippen LogP contribution in [0, 0.1) is 13.8 Å². The Morgan fingerprint density at radius 3 is 2.78 bits per heavy atom. The summed E-state index contributed by atoms with van der Waals surface area (Å²) in [6, 6.07) is 6.24. The minimum Gasteiger partial charge on any atom is -0.496 e. The molecule has 6 heteroatoms. The quantitative estimate of drug-likeness (QED) is 0.631. The van der Waals surface area contributed by atoms with E-state index in [0.717, 1.165) is 29.7 Å². The van der Waals surface area contributed by atoms with E-state index in [0.29, 0.717) is 6.54 Å². The lowest BCUT2D eigenvalue weighted by molar-refractivity contribution is 0.409. The van der Waals surface area contributed by atoms with Crippen LogP contribution < -0.4 is 15.4 Å². The van der Waals surface area contributed by atoms with E-state index in [1.165, 1.54) is 16.0 Å². The lowest BCUT2D eigenvalue weighted by Gasteiger charge is -2.13. The van der Waals surface area contributed by atoms with Gasteiger partial charge in [-0.2, -0.15) is 0 Å². The van der Waals surface area contributed by atoms with Gasteiger partial charge in [0.1, 0.15) is 10.8 Å². The number of aryl methyl sites for hydroxylation is 2. The van der Waals surface area contributed by atoms with E-state index in [-0.39, 0.29) is 0 Å². The molecule has 0 amide bonds. The number of nitrogens with one attached hydrogen (secondary N) is 2. The zero-order valence-corrected chi connectivity index (χ0v) is 15.0. The van der Waals surface area contributed by atoms with Crippen LogP contribution in [0.2, 0.25) is 0 Å². The highest BCUT2D eigenvalue weighted by Crippen LogP contribution is 2.19. The van der Waals surface area contributed by atoms with Crippen LogP contribution in [0.4, 0.5) is 0 Å². The molecule has 0 aliphatic carbocycles. The maximum atomic E-state index is 5.41. The number of hydrogen-bond acceptors (Lipinski definition) is 4. The number of methoxy groups -OCH3 is 1. The molecule has 1 aromatic heterocycles. The molecule has 2 aromatic rings. The van der Waals surface area contributed by atoms with E-state index in [1.807, 2.05) is 12.3 Å². The number of thiazole rings is 1. The third-order valence-corrected chi connectivity index (χ3v) is 4.34. The van der Waals surface area contributed by atoms with Gasteiger partial charge in [-0.1, -0.05) is 17.7 Å². The molecular formula is C17H24N4OS. The van der Waals surface area contributed by atoms with Crippen molar-refractivity contribution >= 4 is 17.3 Å². The normalized spacial score (nSPS) is 11.4. The van der Waals surface area contributed by atoms with Crippen LogP contribution in [0.3, 0.4) is 0 Å². The fourth-order valence-electron chi connectivity index (χ4n) is 2.28. The van der Waals surface area contributed by atoms with Gasteiger partial charge in [-0.05, 0) is 31.9 Å². The smallest absolute Gasteiger partial charge is 0.191 e. The van der Waals surface area contributed by atoms with Crippen molar-refractivity contribution < 1.29 is 4.74 Å². The van der Waals surface area contributed by atoms with Gasteiger partial charge < -0.3 is 15.4 Å². The van der Waals surface area contributed by atoms with Gasteiger partial charge in [-0.25, -0.2) is 4.98 Å². The molecule has 2 N–H and O–H groups in total. The van der Waals surface area contributed by atoms with E-state index in [4.69, 9.17) is 4.74 Å². The van der Waals surface area contributed by atoms with Gasteiger partial charge in [0.05, 0.1) is 13.7 Å². The maximum Gasteiger partial charge on any atom is 0.191 e. The third-order valence-electron chi connectivity index (χ3n) is 3.42. The first-order valence-electron chi connectivity index (χ1n) is 7.61. The number of ether oxygens (including phenoxy) is 1. The second-order valence-electron chi connectivity index (χ2n) is 5.28. The number of hydrogen-bond donors (Lipinski definition) is 2. The molecule has 0 bridgehead atoms. The Morgan fingerprint density at radius 2 is 2.13 bits per heavy atom. The molecule has 1 heterocycles. The van der Waals surface area contributed by atoms with E-state index < -0.39 is 0 Å². The minimum atomic E-state index is 0.686. The Labute approximate surface area is 141 Å². The van der Waals surface area contributed by atoms with Gasteiger partial charge in [0.2, 0.25) is 0 Å². The monoisotopic (exact) mass is 332 g/mol. The predicted molar refractivity (Wildman–Crippen MR) is 96.5 cm³/mol. The number of rotatable bonds is 6. The topological polar surface area (TPSA) is 58.5 Å². The summed E-state index contributed by atoms with van der Waals surface area (Å²) in [6.45, 7) is 5.62. The van der Waals surface area contributed by atoms with E-state index in [1.54, 1.807) is 25.5 Å². The number of aromatic nitrogens is 1. The highest BCUT2D eigenvalue weighted by atomic mass is 32.1. The lowest BCUT2D eigenvalue weighted by atomic mass is 10.1. The van der Waals surface area contributed by atoms with E-state index >= 15 is 0 Å². The summed E-state index contributed by atoms with van der Waals surface area (Å²) in [6.07, 6.45) is 2.77. The summed E-state index contributed by atoms with van der Waals surface area (Å²) < 4.78 is 5.41. The van der Waals surface area contributed by atoms with Crippen LogP contribution in [0.1, 0.15) is 21.0 Å². The maximum absolute atomic E-state index is 5.41. The molecule has 0 spiro atoms. The van der Waals surface area contributed by atoms with Crippen molar-refractivity contribution in [1.29, 1.82) is 0 Å². The van der Waals surface area contributed by atoms with Crippen LogP contribution in [0.15, 0.2) is 29.4 Å². The van der Waals surface area contributed by atoms with Crippen molar-refractivity contribution in [2.24, 2.45) is 4.99 Å². The summed E-state index contributed by atoms with van der Waals surface area (Å²) in [7, 11) is 3.48. The summed E-state index contributed by atoms with van der Waals surface area (Å²) in [5, 5.41) is 7.67. The second kappa shape index (κ2) is 8.53. The fraction of sp³-hybridized carbons (Fsp3) is 0.412. The highest BCUT2D eigenvalue weighted by Gasteiger charge is 2.05. The van der Waals surface area contributed by atoms with E-state index in [9.17, 15) is 0 Å². The number of aliphatic imine (C=N–C) groups is 1. The van der Waals surface area contributed by atoms with Crippen molar-refractivity contribution in [1.82, 2.24) is 15.6 Å². The molecule has 0 atom stereocenters. The predicted octanol–water partition coefficient (Wildman–Crippen LogP) is 2.68. The number of guanidine groups is 1. The summed E-state index contributed by atoms with van der Waals surface area (Å²) in [5.41, 5.74) is 2.44. The average molecular weight is 332 g/mol. The minimum absolute atomic E-state index is 0.686. The number of benzene rings is 1. The van der Waals surface area contributed by atoms with Crippen LogP contribution in [-0.2, 0) is 13.0 Å². The molecule has 0 saturated heterocycles. The zero-order chi connectivity index (χ0) is 16.7. The Bertz CT molecular complexity index is 666. The van der Waals surface area contributed by atoms with Crippen molar-refractivity contribution in [3.63, 3.8) is 0 Å². The standard InChI is InChI=1S/C17H24N4OS/c1-12-5-6-15(22-4)14(9-12)7-8-19-17(18-3)21-11-16-20-10-13(2)23-16/h5-6,9-10H,7-8,11H2,1-4H3,(H2,18,19,21). The third kappa shape index (κ3) is 5.25. The highest BCUT2D eigenvalue weighted by molar-refractivity contribution is 7.11. The Hall–Kier alpha value is -2.08. The summed E-state index contributed by atoms with van der Waals surface area (Å²) in [4.78, 5) is 9.80. The molecule has 0 aliphatic rings. The largest absolute Gasteiger partial charge is 0.496 e. The number of nitrogens with zero attached hydrogens (tertiary/aromatic N) is 2. The molecule has 124 valence electrons. The zero-order valence-electron chi connectivity index (χ0n) is 14.1. The van der Waals surface area contributed by atoms with Crippen molar-refractivity contribution in [3.8, 4) is 5.75 Å². The first-order valence-corrected chi connectivity index (χ1v) is 8.43. The van der Waals surface area contributed by atoms with Crippen molar-refractivity contribution in [3.05, 3.63) is 45.4 Å². The molecule has 23 heavy (non-hydrogen) atoms. The van der Waals surface area contributed by atoms with E-state index in [2.05, 4.69) is 46.6 Å². The molecule has 5 nitrogen and oxygen atoms in total. The van der Waals surface area contributed by atoms with Gasteiger partial charge in [0.25, 0.3) is 0 Å². The Morgan fingerprint density at radius 1 is 1.30 bits per heavy atom. The summed E-state index contributed by atoms with van der Waals surface area (Å²) >= 11 is 1.69. The Kier molecular flexibility index (Phi) is 6.40. The molecule has 1 aromatic carbocycles. The second-order valence-corrected chi connectivity index (χ2v) is 6.60. The molecule has 0 radical (unpaired) electrons. The molecule has 0 fully saturated rings. The van der Waals surface area contributed by atoms with Gasteiger partial charge >= 0.3 is 0 Å². The molecule has 2 rings (SSSR count). The lowest BCUT2D eigenvalue weighted by Crippen LogP contribution is -2.37. The van der Waals surface area contributed by atoms with Crippen LogP contribution in [0.25, 0.3) is 0 Å². The molecule has 0 aliphatic heterocycles. The summed E-state index contributed by atoms with van der Waals surface area (Å²) in [5.74, 6) is 1.71. The first kappa shape index (κ1) is 17.3. The average Bonchev–Trinajstić information content (AvgIpc) is 2.96. The van der Waals surface area contributed by atoms with Gasteiger partial charge in [0, 0.05) is 24.7 Å². The van der Waals surface area contributed by atoms with Gasteiger partial charge in [-0.3, -0.25) is 4.99 Å².